The minimum absolute atomic E-state index is 0.174. The molecule has 1 heterocycles. The van der Waals surface area contributed by atoms with E-state index >= 15 is 0 Å². The molecule has 3 rings (SSSR count). The number of H-pyrrole nitrogens is 1. The van der Waals surface area contributed by atoms with Crippen LogP contribution >= 0.6 is 23.2 Å². The first-order valence-corrected chi connectivity index (χ1v) is 9.03. The fourth-order valence-corrected chi connectivity index (χ4v) is 3.37. The van der Waals surface area contributed by atoms with Crippen molar-refractivity contribution in [1.82, 2.24) is 20.3 Å². The maximum Gasteiger partial charge on any atom is 0.192 e. The van der Waals surface area contributed by atoms with Gasteiger partial charge in [-0.25, -0.2) is 0 Å². The van der Waals surface area contributed by atoms with Crippen LogP contribution in [0.15, 0.2) is 60.3 Å². The first kappa shape index (κ1) is 19.1. The summed E-state index contributed by atoms with van der Waals surface area (Å²) in [5.74, 6) is -0.174. The second-order valence-electron chi connectivity index (χ2n) is 6.19. The van der Waals surface area contributed by atoms with Crippen molar-refractivity contribution in [3.05, 3.63) is 87.2 Å². The number of halogens is 2. The second kappa shape index (κ2) is 8.37. The number of aromatic nitrogens is 3. The van der Waals surface area contributed by atoms with Gasteiger partial charge < -0.3 is 4.90 Å². The van der Waals surface area contributed by atoms with Crippen LogP contribution in [-0.4, -0.2) is 40.2 Å². The van der Waals surface area contributed by atoms with Crippen molar-refractivity contribution in [2.75, 3.05) is 14.1 Å². The third kappa shape index (κ3) is 4.38. The van der Waals surface area contributed by atoms with Gasteiger partial charge in [0.1, 0.15) is 5.69 Å². The Morgan fingerprint density at radius 3 is 2.44 bits per heavy atom. The lowest BCUT2D eigenvalue weighted by Gasteiger charge is -2.20. The summed E-state index contributed by atoms with van der Waals surface area (Å²) < 4.78 is 0. The molecule has 0 aliphatic carbocycles. The van der Waals surface area contributed by atoms with Gasteiger partial charge in [-0.3, -0.25) is 4.79 Å². The zero-order chi connectivity index (χ0) is 19.4. The van der Waals surface area contributed by atoms with Crippen molar-refractivity contribution in [3.63, 3.8) is 0 Å². The largest absolute Gasteiger partial charge is 0.375 e. The molecule has 1 N–H and O–H groups in total. The highest BCUT2D eigenvalue weighted by Crippen LogP contribution is 2.29. The molecule has 0 amide bonds. The third-order valence-electron chi connectivity index (χ3n) is 4.06. The molecular weight excluding hydrogens is 383 g/mol. The van der Waals surface area contributed by atoms with Crippen molar-refractivity contribution in [1.29, 1.82) is 0 Å². The van der Waals surface area contributed by atoms with E-state index in [1.165, 1.54) is 0 Å². The van der Waals surface area contributed by atoms with E-state index in [0.717, 1.165) is 5.56 Å². The van der Waals surface area contributed by atoms with Gasteiger partial charge >= 0.3 is 0 Å². The fraction of sp³-hybridized carbons (Fsp3) is 0.150. The van der Waals surface area contributed by atoms with E-state index in [0.29, 0.717) is 39.0 Å². The first-order chi connectivity index (χ1) is 13.0. The number of Topliss-reactive ketones (excluding diaryl/α,β-unsaturated/α-hetero) is 1. The van der Waals surface area contributed by atoms with E-state index in [2.05, 4.69) is 15.4 Å². The molecule has 27 heavy (non-hydrogen) atoms. The molecule has 0 unspecified atom stereocenters. The number of hydrogen-bond donors (Lipinski definition) is 1. The number of benzene rings is 2. The molecule has 0 spiro atoms. The maximum absolute atomic E-state index is 13.5. The fourth-order valence-electron chi connectivity index (χ4n) is 2.88. The van der Waals surface area contributed by atoms with Crippen LogP contribution in [0.3, 0.4) is 0 Å². The molecule has 1 aromatic heterocycles. The molecule has 5 nitrogen and oxygen atoms in total. The highest BCUT2D eigenvalue weighted by Gasteiger charge is 2.23. The SMILES string of the molecule is CN(C)C(=C(Cc1ccccc1)C(=O)c1ccc(Cl)cc1Cl)c1cn[nH]n1. The minimum atomic E-state index is -0.174. The number of aromatic amines is 1. The van der Waals surface area contributed by atoms with Crippen molar-refractivity contribution < 1.29 is 4.79 Å². The Hall–Kier alpha value is -2.63. The van der Waals surface area contributed by atoms with Crippen LogP contribution in [0.1, 0.15) is 21.6 Å². The Morgan fingerprint density at radius 1 is 1.11 bits per heavy atom. The average molecular weight is 401 g/mol. The first-order valence-electron chi connectivity index (χ1n) is 8.27. The normalized spacial score (nSPS) is 11.9. The molecule has 2 aromatic carbocycles. The van der Waals surface area contributed by atoms with E-state index in [1.807, 2.05) is 49.3 Å². The van der Waals surface area contributed by atoms with E-state index in [1.54, 1.807) is 24.4 Å². The lowest BCUT2D eigenvalue weighted by atomic mass is 9.94. The molecule has 7 heteroatoms. The van der Waals surface area contributed by atoms with Crippen LogP contribution in [0.2, 0.25) is 10.0 Å². The van der Waals surface area contributed by atoms with Gasteiger partial charge in [-0.05, 0) is 23.8 Å². The molecule has 0 atom stereocenters. The molecule has 0 aliphatic heterocycles. The predicted octanol–water partition coefficient (Wildman–Crippen LogP) is 4.51. The molecule has 0 fully saturated rings. The highest BCUT2D eigenvalue weighted by atomic mass is 35.5. The zero-order valence-corrected chi connectivity index (χ0v) is 16.4. The van der Waals surface area contributed by atoms with Gasteiger partial charge in [-0.2, -0.15) is 15.4 Å². The maximum atomic E-state index is 13.5. The van der Waals surface area contributed by atoms with Crippen molar-refractivity contribution in [2.24, 2.45) is 0 Å². The number of ketones is 1. The number of nitrogens with one attached hydrogen (secondary N) is 1. The van der Waals surface area contributed by atoms with Gasteiger partial charge in [0.05, 0.1) is 16.9 Å². The second-order valence-corrected chi connectivity index (χ2v) is 7.04. The summed E-state index contributed by atoms with van der Waals surface area (Å²) in [7, 11) is 3.73. The highest BCUT2D eigenvalue weighted by molar-refractivity contribution is 6.37. The van der Waals surface area contributed by atoms with E-state index in [9.17, 15) is 4.79 Å². The van der Waals surface area contributed by atoms with Crippen molar-refractivity contribution in [2.45, 2.75) is 6.42 Å². The minimum Gasteiger partial charge on any atom is -0.375 e. The summed E-state index contributed by atoms with van der Waals surface area (Å²) >= 11 is 12.3. The number of rotatable bonds is 6. The molecule has 3 aromatic rings. The van der Waals surface area contributed by atoms with Crippen LogP contribution < -0.4 is 0 Å². The number of carbonyl (C=O) groups is 1. The summed E-state index contributed by atoms with van der Waals surface area (Å²) in [5, 5.41) is 11.5. The molecular formula is C20H18Cl2N4O. The molecule has 0 aliphatic rings. The monoisotopic (exact) mass is 400 g/mol. The Kier molecular flexibility index (Phi) is 5.94. The van der Waals surface area contributed by atoms with Gasteiger partial charge in [0, 0.05) is 36.7 Å². The topological polar surface area (TPSA) is 61.9 Å². The van der Waals surface area contributed by atoms with Crippen LogP contribution in [0.5, 0.6) is 0 Å². The Morgan fingerprint density at radius 2 is 1.85 bits per heavy atom. The molecule has 138 valence electrons. The summed E-state index contributed by atoms with van der Waals surface area (Å²) in [6.45, 7) is 0. The molecule has 0 radical (unpaired) electrons. The van der Waals surface area contributed by atoms with E-state index in [4.69, 9.17) is 23.2 Å². The quantitative estimate of drug-likeness (QED) is 0.488. The van der Waals surface area contributed by atoms with Crippen molar-refractivity contribution in [3.8, 4) is 0 Å². The average Bonchev–Trinajstić information content (AvgIpc) is 3.15. The van der Waals surface area contributed by atoms with E-state index in [-0.39, 0.29) is 5.78 Å². The lowest BCUT2D eigenvalue weighted by Crippen LogP contribution is -2.19. The number of hydrogen-bond acceptors (Lipinski definition) is 4. The molecule has 0 bridgehead atoms. The molecule has 0 saturated carbocycles. The van der Waals surface area contributed by atoms with Crippen molar-refractivity contribution >= 4 is 34.7 Å². The number of allylic oxidation sites excluding steroid dienone is 1. The Balaban J connectivity index is 2.17. The van der Waals surface area contributed by atoms with Gasteiger partial charge in [0.2, 0.25) is 0 Å². The van der Waals surface area contributed by atoms with Gasteiger partial charge in [0.25, 0.3) is 0 Å². The van der Waals surface area contributed by atoms with Gasteiger partial charge in [-0.15, -0.1) is 0 Å². The molecule has 0 saturated heterocycles. The van der Waals surface area contributed by atoms with Crippen LogP contribution in [0.25, 0.3) is 5.70 Å². The zero-order valence-electron chi connectivity index (χ0n) is 14.9. The third-order valence-corrected chi connectivity index (χ3v) is 4.61. The van der Waals surface area contributed by atoms with Crippen LogP contribution in [0, 0.1) is 0 Å². The van der Waals surface area contributed by atoms with Crippen LogP contribution in [-0.2, 0) is 6.42 Å². The van der Waals surface area contributed by atoms with Gasteiger partial charge in [0.15, 0.2) is 5.78 Å². The standard InChI is InChI=1S/C20H18Cl2N4O/c1-26(2)19(18-12-23-25-24-18)16(10-13-6-4-3-5-7-13)20(27)15-9-8-14(21)11-17(15)22/h3-9,11-12H,10H2,1-2H3,(H,23,24,25). The summed E-state index contributed by atoms with van der Waals surface area (Å²) in [6.07, 6.45) is 2.02. The smallest absolute Gasteiger partial charge is 0.192 e. The summed E-state index contributed by atoms with van der Waals surface area (Å²) in [5.41, 5.74) is 3.25. The number of nitrogens with zero attached hydrogens (tertiary/aromatic N) is 3. The lowest BCUT2D eigenvalue weighted by molar-refractivity contribution is 0.103. The predicted molar refractivity (Wildman–Crippen MR) is 108 cm³/mol. The summed E-state index contributed by atoms with van der Waals surface area (Å²) in [6, 6.07) is 14.7. The van der Waals surface area contributed by atoms with E-state index < -0.39 is 0 Å². The van der Waals surface area contributed by atoms with Gasteiger partial charge in [-0.1, -0.05) is 53.5 Å². The Bertz CT molecular complexity index is 967. The van der Waals surface area contributed by atoms with Crippen LogP contribution in [0.4, 0.5) is 0 Å². The Labute approximate surface area is 167 Å². The summed E-state index contributed by atoms with van der Waals surface area (Å²) in [4.78, 5) is 15.3. The number of carbonyl (C=O) groups excluding carboxylic acids is 1.